The highest BCUT2D eigenvalue weighted by Gasteiger charge is 2.29. The molecule has 0 unspecified atom stereocenters. The van der Waals surface area contributed by atoms with Crippen LogP contribution in [0.15, 0.2) is 53.8 Å². The molecular formula is C18H17N5O4. The van der Waals surface area contributed by atoms with E-state index < -0.39 is 18.1 Å². The summed E-state index contributed by atoms with van der Waals surface area (Å²) in [6, 6.07) is 14.5. The summed E-state index contributed by atoms with van der Waals surface area (Å²) >= 11 is 0. The van der Waals surface area contributed by atoms with Gasteiger partial charge in [-0.15, -0.1) is 5.53 Å². The lowest BCUT2D eigenvalue weighted by Gasteiger charge is -2.16. The van der Waals surface area contributed by atoms with Gasteiger partial charge in [0, 0.05) is 5.92 Å². The topological polar surface area (TPSA) is 136 Å². The summed E-state index contributed by atoms with van der Waals surface area (Å²) in [5, 5.41) is 14.4. The van der Waals surface area contributed by atoms with Crippen molar-refractivity contribution in [2.75, 3.05) is 13.2 Å². The first-order chi connectivity index (χ1) is 13.1. The summed E-state index contributed by atoms with van der Waals surface area (Å²) in [5.41, 5.74) is 14.7. The van der Waals surface area contributed by atoms with Crippen LogP contribution in [0.2, 0.25) is 0 Å². The summed E-state index contributed by atoms with van der Waals surface area (Å²) < 4.78 is 5.28. The highest BCUT2D eigenvalue weighted by atomic mass is 16.5. The van der Waals surface area contributed by atoms with E-state index in [2.05, 4.69) is 20.9 Å². The van der Waals surface area contributed by atoms with Crippen molar-refractivity contribution in [2.45, 2.75) is 12.0 Å². The third-order valence-corrected chi connectivity index (χ3v) is 4.34. The molecule has 27 heavy (non-hydrogen) atoms. The number of nitrogens with one attached hydrogen (secondary N) is 2. The van der Waals surface area contributed by atoms with E-state index in [1.165, 1.54) is 0 Å². The number of aliphatic carboxylic acids is 1. The Morgan fingerprint density at radius 2 is 1.74 bits per heavy atom. The molecule has 3 rings (SSSR count). The van der Waals surface area contributed by atoms with Crippen molar-refractivity contribution in [3.63, 3.8) is 0 Å². The van der Waals surface area contributed by atoms with Crippen molar-refractivity contribution in [3.8, 4) is 11.1 Å². The molecule has 1 amide bonds. The van der Waals surface area contributed by atoms with Crippen molar-refractivity contribution < 1.29 is 19.4 Å². The van der Waals surface area contributed by atoms with Gasteiger partial charge in [0.25, 0.3) is 0 Å². The summed E-state index contributed by atoms with van der Waals surface area (Å²) in [6.45, 7) is -0.181. The number of hydrogen-bond donors (Lipinski definition) is 3. The number of ether oxygens (including phenoxy) is 1. The molecule has 1 atom stereocenters. The van der Waals surface area contributed by atoms with E-state index in [1.54, 1.807) is 0 Å². The van der Waals surface area contributed by atoms with Gasteiger partial charge in [-0.25, -0.2) is 9.59 Å². The quantitative estimate of drug-likeness (QED) is 0.299. The number of carboxylic acid groups (broad SMARTS) is 1. The van der Waals surface area contributed by atoms with Crippen molar-refractivity contribution >= 4 is 12.1 Å². The lowest BCUT2D eigenvalue weighted by molar-refractivity contribution is -0.139. The summed E-state index contributed by atoms with van der Waals surface area (Å²) in [7, 11) is 0. The standard InChI is InChI=1S/C18H17N5O4/c19-22-23-20-9-16(17(24)25)21-18(26)27-10-15-13-7-3-1-5-11(13)12-6-2-4-8-14(12)15/h1-8,15-16,20H,9-10H2,(H,21,26)(H,24,25)/t16-/m0/s1. The first-order valence-electron chi connectivity index (χ1n) is 8.23. The molecule has 0 radical (unpaired) electrons. The highest BCUT2D eigenvalue weighted by Crippen LogP contribution is 2.44. The molecule has 3 N–H and O–H groups in total. The van der Waals surface area contributed by atoms with E-state index in [0.717, 1.165) is 22.3 Å². The van der Waals surface area contributed by atoms with Crippen molar-refractivity contribution in [1.29, 1.82) is 0 Å². The fraction of sp³-hybridized carbons (Fsp3) is 0.222. The number of hydrogen-bond acceptors (Lipinski definition) is 4. The monoisotopic (exact) mass is 367 g/mol. The van der Waals surface area contributed by atoms with Gasteiger partial charge >= 0.3 is 12.1 Å². The molecule has 9 nitrogen and oxygen atoms in total. The highest BCUT2D eigenvalue weighted by molar-refractivity contribution is 5.81. The van der Waals surface area contributed by atoms with Gasteiger partial charge < -0.3 is 15.2 Å². The number of fused-ring (bicyclic) bond motifs is 3. The second kappa shape index (κ2) is 8.11. The van der Waals surface area contributed by atoms with Gasteiger partial charge in [0.2, 0.25) is 0 Å². The zero-order valence-corrected chi connectivity index (χ0v) is 14.2. The molecule has 0 bridgehead atoms. The Morgan fingerprint density at radius 1 is 1.15 bits per heavy atom. The normalized spacial score (nSPS) is 12.9. The molecule has 138 valence electrons. The van der Waals surface area contributed by atoms with Gasteiger partial charge in [-0.1, -0.05) is 48.5 Å². The maximum absolute atomic E-state index is 12.0. The van der Waals surface area contributed by atoms with Gasteiger partial charge in [0.15, 0.2) is 6.04 Å². The fourth-order valence-electron chi connectivity index (χ4n) is 3.15. The van der Waals surface area contributed by atoms with Crippen molar-refractivity contribution in [1.82, 2.24) is 10.7 Å². The minimum Gasteiger partial charge on any atom is -0.480 e. The number of rotatable bonds is 7. The zero-order valence-electron chi connectivity index (χ0n) is 14.2. The molecule has 0 spiro atoms. The van der Waals surface area contributed by atoms with Gasteiger partial charge in [-0.2, -0.15) is 4.91 Å². The van der Waals surface area contributed by atoms with E-state index in [1.807, 2.05) is 48.5 Å². The van der Waals surface area contributed by atoms with E-state index in [4.69, 9.17) is 15.4 Å². The second-order valence-electron chi connectivity index (χ2n) is 5.91. The number of carbonyl (C=O) groups is 2. The third kappa shape index (κ3) is 3.94. The van der Waals surface area contributed by atoms with Crippen LogP contribution in [0.3, 0.4) is 0 Å². The maximum Gasteiger partial charge on any atom is 0.408 e. The number of benzene rings is 2. The number of carbonyl (C=O) groups excluding carboxylic acids is 1. The molecule has 0 aromatic heterocycles. The number of nitrogens with zero attached hydrogens (tertiary/aromatic N) is 3. The Labute approximate surface area is 154 Å². The maximum atomic E-state index is 12.0. The smallest absolute Gasteiger partial charge is 0.408 e. The first kappa shape index (κ1) is 18.1. The molecule has 9 heteroatoms. The van der Waals surface area contributed by atoms with E-state index in [-0.39, 0.29) is 19.1 Å². The molecule has 0 saturated carbocycles. The van der Waals surface area contributed by atoms with Gasteiger partial charge in [-0.05, 0) is 27.5 Å². The predicted octanol–water partition coefficient (Wildman–Crippen LogP) is 2.79. The Morgan fingerprint density at radius 3 is 2.30 bits per heavy atom. The Balaban J connectivity index is 1.66. The van der Waals surface area contributed by atoms with Crippen LogP contribution < -0.4 is 10.7 Å². The van der Waals surface area contributed by atoms with Gasteiger partial charge in [0.1, 0.15) is 13.2 Å². The summed E-state index contributed by atoms with van der Waals surface area (Å²) in [6.07, 6.45) is -0.855. The van der Waals surface area contributed by atoms with Crippen LogP contribution in [-0.4, -0.2) is 36.4 Å². The molecule has 0 saturated heterocycles. The third-order valence-electron chi connectivity index (χ3n) is 4.34. The zero-order chi connectivity index (χ0) is 19.2. The minimum atomic E-state index is -1.29. The van der Waals surface area contributed by atoms with Crippen LogP contribution in [-0.2, 0) is 9.53 Å². The molecule has 2 aromatic carbocycles. The first-order valence-corrected chi connectivity index (χ1v) is 8.23. The Kier molecular flexibility index (Phi) is 5.44. The van der Waals surface area contributed by atoms with Crippen LogP contribution in [0.1, 0.15) is 17.0 Å². The lowest BCUT2D eigenvalue weighted by Crippen LogP contribution is -2.46. The van der Waals surface area contributed by atoms with E-state index >= 15 is 0 Å². The molecule has 0 aliphatic heterocycles. The molecule has 0 fully saturated rings. The van der Waals surface area contributed by atoms with E-state index in [0.29, 0.717) is 0 Å². The number of alkyl carbamates (subject to hydrolysis) is 1. The van der Waals surface area contributed by atoms with Crippen LogP contribution in [0.5, 0.6) is 0 Å². The van der Waals surface area contributed by atoms with Crippen molar-refractivity contribution in [3.05, 3.63) is 70.1 Å². The molecule has 0 heterocycles. The molecular weight excluding hydrogens is 350 g/mol. The summed E-state index contributed by atoms with van der Waals surface area (Å²) in [4.78, 5) is 25.7. The van der Waals surface area contributed by atoms with Crippen LogP contribution in [0, 0.1) is 0 Å². The molecule has 2 aromatic rings. The number of amides is 1. The number of azide groups is 1. The van der Waals surface area contributed by atoms with Crippen LogP contribution >= 0.6 is 0 Å². The predicted molar refractivity (Wildman–Crippen MR) is 96.8 cm³/mol. The average molecular weight is 367 g/mol. The molecule has 1 aliphatic rings. The Bertz CT molecular complexity index is 865. The second-order valence-corrected chi connectivity index (χ2v) is 5.91. The van der Waals surface area contributed by atoms with Gasteiger partial charge in [0.05, 0.1) is 0 Å². The van der Waals surface area contributed by atoms with E-state index in [9.17, 15) is 9.59 Å². The average Bonchev–Trinajstić information content (AvgIpc) is 2.99. The molecule has 1 aliphatic carbocycles. The largest absolute Gasteiger partial charge is 0.480 e. The number of carboxylic acids is 1. The van der Waals surface area contributed by atoms with Crippen molar-refractivity contribution in [2.24, 2.45) is 5.22 Å². The van der Waals surface area contributed by atoms with Crippen LogP contribution in [0.25, 0.3) is 21.6 Å². The lowest BCUT2D eigenvalue weighted by atomic mass is 9.98. The summed E-state index contributed by atoms with van der Waals surface area (Å²) in [5.74, 6) is -1.39. The minimum absolute atomic E-state index is 0.0793. The van der Waals surface area contributed by atoms with Crippen LogP contribution in [0.4, 0.5) is 4.79 Å². The SMILES string of the molecule is [N-]=[N+]=NNC[C@H](NC(=O)OCC1c2ccccc2-c2ccccc21)C(=O)O. The van der Waals surface area contributed by atoms with Gasteiger partial charge in [-0.3, -0.25) is 5.43 Å². The Hall–Kier alpha value is -3.71. The fourth-order valence-corrected chi connectivity index (χ4v) is 3.15.